The SMILES string of the molecule is CC(Cl)C(=O)OCCCCCCCCCCCCOC(=O)C(C)Cl. The highest BCUT2D eigenvalue weighted by atomic mass is 35.5. The maximum absolute atomic E-state index is 11.1. The van der Waals surface area contributed by atoms with Gasteiger partial charge in [0.15, 0.2) is 0 Å². The van der Waals surface area contributed by atoms with Crippen LogP contribution < -0.4 is 0 Å². The van der Waals surface area contributed by atoms with Crippen LogP contribution in [0.3, 0.4) is 0 Å². The Morgan fingerprint density at radius 2 is 0.875 bits per heavy atom. The molecule has 2 unspecified atom stereocenters. The van der Waals surface area contributed by atoms with Gasteiger partial charge in [-0.3, -0.25) is 9.59 Å². The Bertz CT molecular complexity index is 301. The Morgan fingerprint density at radius 1 is 0.625 bits per heavy atom. The zero-order valence-corrected chi connectivity index (χ0v) is 16.5. The van der Waals surface area contributed by atoms with Crippen LogP contribution in [-0.2, 0) is 19.1 Å². The molecule has 0 heterocycles. The molecule has 24 heavy (non-hydrogen) atoms. The van der Waals surface area contributed by atoms with E-state index in [9.17, 15) is 9.59 Å². The molecule has 4 nitrogen and oxygen atoms in total. The standard InChI is InChI=1S/C18H32Cl2O4/c1-15(19)17(21)23-13-11-9-7-5-3-4-6-8-10-12-14-24-18(22)16(2)20/h15-16H,3-14H2,1-2H3. The zero-order valence-electron chi connectivity index (χ0n) is 15.0. The van der Waals surface area contributed by atoms with Crippen molar-refractivity contribution in [3.8, 4) is 0 Å². The third kappa shape index (κ3) is 15.1. The van der Waals surface area contributed by atoms with Crippen molar-refractivity contribution >= 4 is 35.1 Å². The van der Waals surface area contributed by atoms with Gasteiger partial charge in [-0.1, -0.05) is 51.4 Å². The van der Waals surface area contributed by atoms with E-state index in [1.54, 1.807) is 13.8 Å². The van der Waals surface area contributed by atoms with Crippen LogP contribution in [0.1, 0.15) is 78.1 Å². The average Bonchev–Trinajstić information content (AvgIpc) is 2.54. The summed E-state index contributed by atoms with van der Waals surface area (Å²) in [5.41, 5.74) is 0. The molecule has 0 aromatic carbocycles. The fourth-order valence-electron chi connectivity index (χ4n) is 2.19. The predicted molar refractivity (Wildman–Crippen MR) is 98.7 cm³/mol. The van der Waals surface area contributed by atoms with Crippen molar-refractivity contribution in [1.82, 2.24) is 0 Å². The van der Waals surface area contributed by atoms with Crippen LogP contribution >= 0.6 is 23.2 Å². The van der Waals surface area contributed by atoms with Crippen LogP contribution in [0.4, 0.5) is 0 Å². The summed E-state index contributed by atoms with van der Waals surface area (Å²) in [7, 11) is 0. The van der Waals surface area contributed by atoms with Crippen LogP contribution in [0.2, 0.25) is 0 Å². The van der Waals surface area contributed by atoms with Crippen molar-refractivity contribution in [2.24, 2.45) is 0 Å². The lowest BCUT2D eigenvalue weighted by atomic mass is 10.1. The molecule has 0 aromatic heterocycles. The fourth-order valence-corrected chi connectivity index (χ4v) is 2.32. The molecule has 0 rings (SSSR count). The van der Waals surface area contributed by atoms with Crippen molar-refractivity contribution in [2.75, 3.05) is 13.2 Å². The number of halogens is 2. The Labute approximate surface area is 156 Å². The summed E-state index contributed by atoms with van der Waals surface area (Å²) in [6, 6.07) is 0. The molecule has 0 aromatic rings. The lowest BCUT2D eigenvalue weighted by Gasteiger charge is -2.06. The van der Waals surface area contributed by atoms with Crippen LogP contribution in [0.5, 0.6) is 0 Å². The minimum atomic E-state index is -0.555. The number of carbonyl (C=O) groups is 2. The topological polar surface area (TPSA) is 52.6 Å². The van der Waals surface area contributed by atoms with Gasteiger partial charge < -0.3 is 9.47 Å². The number of esters is 2. The normalized spacial score (nSPS) is 13.3. The van der Waals surface area contributed by atoms with E-state index in [0.717, 1.165) is 25.7 Å². The molecule has 0 bridgehead atoms. The summed E-state index contributed by atoms with van der Waals surface area (Å²) in [5, 5.41) is -1.11. The van der Waals surface area contributed by atoms with Crippen molar-refractivity contribution in [3.05, 3.63) is 0 Å². The molecule has 6 heteroatoms. The predicted octanol–water partition coefficient (Wildman–Crippen LogP) is 5.23. The Balaban J connectivity index is 3.15. The zero-order chi connectivity index (χ0) is 18.2. The highest BCUT2D eigenvalue weighted by Gasteiger charge is 2.10. The molecular formula is C18H32Cl2O4. The molecule has 0 spiro atoms. The van der Waals surface area contributed by atoms with Crippen molar-refractivity contribution in [1.29, 1.82) is 0 Å². The van der Waals surface area contributed by atoms with Gasteiger partial charge in [-0.15, -0.1) is 23.2 Å². The van der Waals surface area contributed by atoms with Gasteiger partial charge in [-0.05, 0) is 26.7 Å². The van der Waals surface area contributed by atoms with E-state index in [2.05, 4.69) is 0 Å². The second-order valence-electron chi connectivity index (χ2n) is 6.10. The van der Waals surface area contributed by atoms with Gasteiger partial charge >= 0.3 is 11.9 Å². The number of alkyl halides is 2. The van der Waals surface area contributed by atoms with E-state index in [1.165, 1.54) is 38.5 Å². The van der Waals surface area contributed by atoms with Crippen molar-refractivity contribution in [2.45, 2.75) is 88.8 Å². The molecule has 2 atom stereocenters. The second-order valence-corrected chi connectivity index (χ2v) is 7.41. The fraction of sp³-hybridized carbons (Fsp3) is 0.889. The van der Waals surface area contributed by atoms with Gasteiger partial charge in [-0.25, -0.2) is 0 Å². The lowest BCUT2D eigenvalue weighted by molar-refractivity contribution is -0.143. The van der Waals surface area contributed by atoms with Crippen molar-refractivity contribution in [3.63, 3.8) is 0 Å². The van der Waals surface area contributed by atoms with Crippen LogP contribution in [0.15, 0.2) is 0 Å². The largest absolute Gasteiger partial charge is 0.465 e. The van der Waals surface area contributed by atoms with Gasteiger partial charge in [-0.2, -0.15) is 0 Å². The molecule has 0 amide bonds. The molecule has 0 fully saturated rings. The summed E-state index contributed by atoms with van der Waals surface area (Å²) in [5.74, 6) is -0.660. The van der Waals surface area contributed by atoms with Crippen molar-refractivity contribution < 1.29 is 19.1 Å². The number of ether oxygens (including phenoxy) is 2. The molecule has 0 aliphatic heterocycles. The Hall–Kier alpha value is -0.480. The number of hydrogen-bond acceptors (Lipinski definition) is 4. The molecule has 142 valence electrons. The first-order valence-electron chi connectivity index (χ1n) is 9.06. The maximum Gasteiger partial charge on any atom is 0.323 e. The average molecular weight is 383 g/mol. The van der Waals surface area contributed by atoms with Gasteiger partial charge in [0.2, 0.25) is 0 Å². The number of unbranched alkanes of at least 4 members (excludes halogenated alkanes) is 9. The quantitative estimate of drug-likeness (QED) is 0.221. The third-order valence-electron chi connectivity index (χ3n) is 3.68. The van der Waals surface area contributed by atoms with E-state index in [0.29, 0.717) is 13.2 Å². The molecular weight excluding hydrogens is 351 g/mol. The highest BCUT2D eigenvalue weighted by molar-refractivity contribution is 6.29. The summed E-state index contributed by atoms with van der Waals surface area (Å²) in [6.45, 7) is 4.19. The number of carbonyl (C=O) groups excluding carboxylic acids is 2. The lowest BCUT2D eigenvalue weighted by Crippen LogP contribution is -2.14. The van der Waals surface area contributed by atoms with E-state index in [-0.39, 0.29) is 11.9 Å². The van der Waals surface area contributed by atoms with E-state index in [4.69, 9.17) is 32.7 Å². The third-order valence-corrected chi connectivity index (χ3v) is 4.03. The van der Waals surface area contributed by atoms with Crippen LogP contribution in [0.25, 0.3) is 0 Å². The van der Waals surface area contributed by atoms with Gasteiger partial charge in [0.25, 0.3) is 0 Å². The smallest absolute Gasteiger partial charge is 0.323 e. The molecule has 0 radical (unpaired) electrons. The molecule has 0 aliphatic carbocycles. The molecule has 0 saturated heterocycles. The Morgan fingerprint density at radius 3 is 1.12 bits per heavy atom. The van der Waals surface area contributed by atoms with Crippen LogP contribution in [-0.4, -0.2) is 35.9 Å². The second kappa shape index (κ2) is 16.0. The maximum atomic E-state index is 11.1. The summed E-state index contributed by atoms with van der Waals surface area (Å²) < 4.78 is 10.0. The summed E-state index contributed by atoms with van der Waals surface area (Å²) >= 11 is 11.2. The molecule has 0 aliphatic rings. The first-order valence-corrected chi connectivity index (χ1v) is 9.94. The van der Waals surface area contributed by atoms with Gasteiger partial charge in [0.1, 0.15) is 10.8 Å². The minimum absolute atomic E-state index is 0.330. The minimum Gasteiger partial charge on any atom is -0.465 e. The highest BCUT2D eigenvalue weighted by Crippen LogP contribution is 2.11. The number of hydrogen-bond donors (Lipinski definition) is 0. The van der Waals surface area contributed by atoms with E-state index in [1.807, 2.05) is 0 Å². The first-order chi connectivity index (χ1) is 11.4. The summed E-state index contributed by atoms with van der Waals surface area (Å²) in [4.78, 5) is 22.2. The van der Waals surface area contributed by atoms with Crippen LogP contribution in [0, 0.1) is 0 Å². The Kier molecular flexibility index (Phi) is 15.7. The molecule has 0 saturated carbocycles. The summed E-state index contributed by atoms with van der Waals surface area (Å²) in [6.07, 6.45) is 11.3. The first kappa shape index (κ1) is 23.5. The number of rotatable bonds is 15. The van der Waals surface area contributed by atoms with E-state index >= 15 is 0 Å². The van der Waals surface area contributed by atoms with E-state index < -0.39 is 10.8 Å². The monoisotopic (exact) mass is 382 g/mol. The van der Waals surface area contributed by atoms with Gasteiger partial charge in [0.05, 0.1) is 13.2 Å². The van der Waals surface area contributed by atoms with Gasteiger partial charge in [0, 0.05) is 0 Å². The molecule has 0 N–H and O–H groups in total.